The fourth-order valence-electron chi connectivity index (χ4n) is 3.06. The van der Waals surface area contributed by atoms with Crippen molar-refractivity contribution in [2.75, 3.05) is 13.1 Å². The Hall–Kier alpha value is -2.76. The summed E-state index contributed by atoms with van der Waals surface area (Å²) in [6, 6.07) is 13.1. The molecule has 1 atom stereocenters. The number of amides is 2. The van der Waals surface area contributed by atoms with Crippen LogP contribution < -0.4 is 5.32 Å². The molecule has 26 heavy (non-hydrogen) atoms. The van der Waals surface area contributed by atoms with E-state index < -0.39 is 17.6 Å². The summed E-state index contributed by atoms with van der Waals surface area (Å²) in [5.74, 6) is -2.13. The van der Waals surface area contributed by atoms with Gasteiger partial charge in [0.15, 0.2) is 0 Å². The Morgan fingerprint density at radius 2 is 1.92 bits per heavy atom. The van der Waals surface area contributed by atoms with Crippen LogP contribution in [-0.4, -0.2) is 29.8 Å². The topological polar surface area (TPSA) is 49.4 Å². The van der Waals surface area contributed by atoms with E-state index >= 15 is 0 Å². The molecular weight excluding hydrogens is 338 g/mol. The normalized spacial score (nSPS) is 16.8. The third-order valence-electron chi connectivity index (χ3n) is 4.57. The standard InChI is InChI=1S/C20H20F2N2O2/c21-17-7-6-15(18(22)11-17)12-23-20(26)16-10-19(25)24(13-16)9-8-14-4-2-1-3-5-14/h1-7,11,16H,8-10,12-13H2,(H,23,26)/t16-/m0/s1. The first-order chi connectivity index (χ1) is 12.5. The molecule has 1 saturated heterocycles. The Labute approximate surface area is 150 Å². The minimum absolute atomic E-state index is 0.0281. The molecule has 6 heteroatoms. The van der Waals surface area contributed by atoms with Crippen molar-refractivity contribution in [1.82, 2.24) is 10.2 Å². The van der Waals surface area contributed by atoms with Crippen LogP contribution in [-0.2, 0) is 22.6 Å². The van der Waals surface area contributed by atoms with Gasteiger partial charge in [0, 0.05) is 37.7 Å². The van der Waals surface area contributed by atoms with Gasteiger partial charge in [-0.3, -0.25) is 9.59 Å². The summed E-state index contributed by atoms with van der Waals surface area (Å²) < 4.78 is 26.5. The van der Waals surface area contributed by atoms with Crippen LogP contribution in [0.5, 0.6) is 0 Å². The molecule has 0 bridgehead atoms. The third-order valence-corrected chi connectivity index (χ3v) is 4.57. The van der Waals surface area contributed by atoms with Crippen LogP contribution in [0.25, 0.3) is 0 Å². The molecule has 0 aliphatic carbocycles. The minimum Gasteiger partial charge on any atom is -0.352 e. The Bertz CT molecular complexity index is 796. The molecule has 4 nitrogen and oxygen atoms in total. The highest BCUT2D eigenvalue weighted by Crippen LogP contribution is 2.19. The van der Waals surface area contributed by atoms with E-state index in [2.05, 4.69) is 5.32 Å². The number of carbonyl (C=O) groups is 2. The molecule has 2 amide bonds. The molecular formula is C20H20F2N2O2. The number of halogens is 2. The molecule has 0 saturated carbocycles. The lowest BCUT2D eigenvalue weighted by Gasteiger charge is -2.16. The zero-order chi connectivity index (χ0) is 18.5. The van der Waals surface area contributed by atoms with Gasteiger partial charge in [-0.25, -0.2) is 8.78 Å². The van der Waals surface area contributed by atoms with Crippen molar-refractivity contribution in [3.8, 4) is 0 Å². The van der Waals surface area contributed by atoms with Gasteiger partial charge in [-0.05, 0) is 18.1 Å². The van der Waals surface area contributed by atoms with Crippen LogP contribution in [0.4, 0.5) is 8.78 Å². The summed E-state index contributed by atoms with van der Waals surface area (Å²) >= 11 is 0. The van der Waals surface area contributed by atoms with Gasteiger partial charge in [0.25, 0.3) is 0 Å². The first-order valence-corrected chi connectivity index (χ1v) is 8.56. The van der Waals surface area contributed by atoms with E-state index in [1.165, 1.54) is 6.07 Å². The Morgan fingerprint density at radius 1 is 1.15 bits per heavy atom. The highest BCUT2D eigenvalue weighted by molar-refractivity contribution is 5.89. The van der Waals surface area contributed by atoms with Crippen LogP contribution in [0.1, 0.15) is 17.5 Å². The largest absolute Gasteiger partial charge is 0.352 e. The first kappa shape index (κ1) is 18.0. The van der Waals surface area contributed by atoms with E-state index in [9.17, 15) is 18.4 Å². The molecule has 0 aromatic heterocycles. The number of nitrogens with zero attached hydrogens (tertiary/aromatic N) is 1. The lowest BCUT2D eigenvalue weighted by Crippen LogP contribution is -2.33. The number of hydrogen-bond acceptors (Lipinski definition) is 2. The highest BCUT2D eigenvalue weighted by atomic mass is 19.1. The van der Waals surface area contributed by atoms with Crippen molar-refractivity contribution in [2.24, 2.45) is 5.92 Å². The molecule has 0 spiro atoms. The number of carbonyl (C=O) groups excluding carboxylic acids is 2. The number of hydrogen-bond donors (Lipinski definition) is 1. The van der Waals surface area contributed by atoms with Crippen LogP contribution in [0.2, 0.25) is 0 Å². The number of rotatable bonds is 6. The Balaban J connectivity index is 1.50. The summed E-state index contributed by atoms with van der Waals surface area (Å²) in [7, 11) is 0. The molecule has 2 aromatic carbocycles. The lowest BCUT2D eigenvalue weighted by atomic mass is 10.1. The predicted octanol–water partition coefficient (Wildman–Crippen LogP) is 2.67. The van der Waals surface area contributed by atoms with Crippen LogP contribution in [0.3, 0.4) is 0 Å². The Morgan fingerprint density at radius 3 is 2.65 bits per heavy atom. The van der Waals surface area contributed by atoms with Gasteiger partial charge in [0.1, 0.15) is 11.6 Å². The van der Waals surface area contributed by atoms with E-state index in [0.29, 0.717) is 13.1 Å². The minimum atomic E-state index is -0.697. The average Bonchev–Trinajstić information content (AvgIpc) is 3.01. The smallest absolute Gasteiger partial charge is 0.225 e. The molecule has 1 aliphatic rings. The van der Waals surface area contributed by atoms with E-state index in [1.807, 2.05) is 30.3 Å². The molecule has 1 fully saturated rings. The van der Waals surface area contributed by atoms with E-state index in [4.69, 9.17) is 0 Å². The molecule has 3 rings (SSSR count). The van der Waals surface area contributed by atoms with Crippen molar-refractivity contribution in [3.63, 3.8) is 0 Å². The van der Waals surface area contributed by atoms with Crippen molar-refractivity contribution in [1.29, 1.82) is 0 Å². The van der Waals surface area contributed by atoms with Gasteiger partial charge in [-0.1, -0.05) is 36.4 Å². The quantitative estimate of drug-likeness (QED) is 0.863. The molecule has 1 N–H and O–H groups in total. The van der Waals surface area contributed by atoms with E-state index in [0.717, 1.165) is 24.1 Å². The molecule has 136 valence electrons. The van der Waals surface area contributed by atoms with Gasteiger partial charge >= 0.3 is 0 Å². The van der Waals surface area contributed by atoms with E-state index in [1.54, 1.807) is 4.90 Å². The first-order valence-electron chi connectivity index (χ1n) is 8.56. The average molecular weight is 358 g/mol. The fraction of sp³-hybridized carbons (Fsp3) is 0.300. The molecule has 0 unspecified atom stereocenters. The lowest BCUT2D eigenvalue weighted by molar-refractivity contribution is -0.129. The zero-order valence-corrected chi connectivity index (χ0v) is 14.3. The van der Waals surface area contributed by atoms with Crippen molar-refractivity contribution in [2.45, 2.75) is 19.4 Å². The van der Waals surface area contributed by atoms with Gasteiger partial charge in [0.05, 0.1) is 5.92 Å². The van der Waals surface area contributed by atoms with Gasteiger partial charge in [-0.2, -0.15) is 0 Å². The maximum Gasteiger partial charge on any atom is 0.225 e. The molecule has 1 heterocycles. The van der Waals surface area contributed by atoms with Gasteiger partial charge in [-0.15, -0.1) is 0 Å². The second-order valence-corrected chi connectivity index (χ2v) is 6.43. The zero-order valence-electron chi connectivity index (χ0n) is 14.3. The van der Waals surface area contributed by atoms with Crippen molar-refractivity contribution < 1.29 is 18.4 Å². The van der Waals surface area contributed by atoms with E-state index in [-0.39, 0.29) is 30.3 Å². The monoisotopic (exact) mass is 358 g/mol. The number of benzene rings is 2. The van der Waals surface area contributed by atoms with Crippen LogP contribution in [0.15, 0.2) is 48.5 Å². The Kier molecular flexibility index (Phi) is 5.61. The van der Waals surface area contributed by atoms with Crippen molar-refractivity contribution in [3.05, 3.63) is 71.3 Å². The summed E-state index contributed by atoms with van der Waals surface area (Å²) in [5.41, 5.74) is 1.35. The summed E-state index contributed by atoms with van der Waals surface area (Å²) in [5, 5.41) is 2.64. The molecule has 0 radical (unpaired) electrons. The predicted molar refractivity (Wildman–Crippen MR) is 93.0 cm³/mol. The van der Waals surface area contributed by atoms with Crippen LogP contribution in [0, 0.1) is 17.6 Å². The SMILES string of the molecule is O=C(NCc1ccc(F)cc1F)[C@H]1CC(=O)N(CCc2ccccc2)C1. The maximum atomic E-state index is 13.6. The molecule has 2 aromatic rings. The maximum absolute atomic E-state index is 13.6. The number of nitrogens with one attached hydrogen (secondary N) is 1. The summed E-state index contributed by atoms with van der Waals surface area (Å²) in [6.07, 6.45) is 0.897. The van der Waals surface area contributed by atoms with Crippen LogP contribution >= 0.6 is 0 Å². The van der Waals surface area contributed by atoms with Crippen molar-refractivity contribution >= 4 is 11.8 Å². The molecule has 1 aliphatic heterocycles. The number of likely N-dealkylation sites (tertiary alicyclic amines) is 1. The second-order valence-electron chi connectivity index (χ2n) is 6.43. The third kappa shape index (κ3) is 4.45. The highest BCUT2D eigenvalue weighted by Gasteiger charge is 2.33. The second kappa shape index (κ2) is 8.08. The fourth-order valence-corrected chi connectivity index (χ4v) is 3.06. The summed E-state index contributed by atoms with van der Waals surface area (Å²) in [4.78, 5) is 26.1. The van der Waals surface area contributed by atoms with Gasteiger partial charge < -0.3 is 10.2 Å². The summed E-state index contributed by atoms with van der Waals surface area (Å²) in [6.45, 7) is 0.905. The van der Waals surface area contributed by atoms with Gasteiger partial charge in [0.2, 0.25) is 11.8 Å².